The lowest BCUT2D eigenvalue weighted by Crippen LogP contribution is -2.12. The number of hydrogen-bond donors (Lipinski definition) is 2. The van der Waals surface area contributed by atoms with Gasteiger partial charge in [-0.05, 0) is 42.8 Å². The van der Waals surface area contributed by atoms with Gasteiger partial charge in [0.15, 0.2) is 10.8 Å². The Labute approximate surface area is 131 Å². The van der Waals surface area contributed by atoms with Gasteiger partial charge in [-0.15, -0.1) is 11.3 Å². The van der Waals surface area contributed by atoms with Crippen LogP contribution in [0.15, 0.2) is 46.4 Å². The second kappa shape index (κ2) is 6.03. The molecule has 0 aliphatic carbocycles. The summed E-state index contributed by atoms with van der Waals surface area (Å²) in [4.78, 5) is 15.7. The van der Waals surface area contributed by atoms with Gasteiger partial charge < -0.3 is 15.5 Å². The van der Waals surface area contributed by atoms with E-state index in [2.05, 4.69) is 10.3 Å². The zero-order valence-corrected chi connectivity index (χ0v) is 12.8. The highest BCUT2D eigenvalue weighted by Crippen LogP contribution is 2.24. The predicted molar refractivity (Wildman–Crippen MR) is 86.8 cm³/mol. The van der Waals surface area contributed by atoms with E-state index in [0.29, 0.717) is 12.1 Å². The van der Waals surface area contributed by atoms with E-state index in [-0.39, 0.29) is 0 Å². The summed E-state index contributed by atoms with van der Waals surface area (Å²) in [7, 11) is 0. The molecule has 3 rings (SSSR count). The standard InChI is InChI=1S/C16H15N3O2S/c1-10-7-11(4-5-13(10)15(17)20)18-8-12-9-22-16(19-12)14-3-2-6-21-14/h2-7,9,18H,8H2,1H3,(H2,17,20). The number of anilines is 1. The van der Waals surface area contributed by atoms with Crippen molar-refractivity contribution < 1.29 is 9.21 Å². The van der Waals surface area contributed by atoms with Crippen LogP contribution in [0.4, 0.5) is 5.69 Å². The van der Waals surface area contributed by atoms with Gasteiger partial charge in [0.2, 0.25) is 5.91 Å². The number of amides is 1. The minimum absolute atomic E-state index is 0.411. The maximum atomic E-state index is 11.2. The minimum atomic E-state index is -0.411. The molecule has 0 unspecified atom stereocenters. The smallest absolute Gasteiger partial charge is 0.248 e. The number of hydrogen-bond acceptors (Lipinski definition) is 5. The Balaban J connectivity index is 1.68. The molecular weight excluding hydrogens is 298 g/mol. The topological polar surface area (TPSA) is 81.2 Å². The van der Waals surface area contributed by atoms with Crippen molar-refractivity contribution in [2.45, 2.75) is 13.5 Å². The third-order valence-electron chi connectivity index (χ3n) is 3.25. The van der Waals surface area contributed by atoms with Crippen LogP contribution in [0, 0.1) is 6.92 Å². The van der Waals surface area contributed by atoms with E-state index in [1.165, 1.54) is 0 Å². The molecule has 3 N–H and O–H groups in total. The Bertz CT molecular complexity index is 794. The van der Waals surface area contributed by atoms with Gasteiger partial charge in [-0.2, -0.15) is 0 Å². The van der Waals surface area contributed by atoms with E-state index in [9.17, 15) is 4.79 Å². The van der Waals surface area contributed by atoms with Gasteiger partial charge in [-0.3, -0.25) is 4.79 Å². The van der Waals surface area contributed by atoms with Crippen molar-refractivity contribution in [1.29, 1.82) is 0 Å². The zero-order chi connectivity index (χ0) is 15.5. The molecular formula is C16H15N3O2S. The third-order valence-corrected chi connectivity index (χ3v) is 4.15. The number of nitrogens with zero attached hydrogens (tertiary/aromatic N) is 1. The molecule has 2 heterocycles. The van der Waals surface area contributed by atoms with E-state index in [1.807, 2.05) is 36.6 Å². The number of aryl methyl sites for hydroxylation is 1. The average molecular weight is 313 g/mol. The van der Waals surface area contributed by atoms with Crippen molar-refractivity contribution in [2.75, 3.05) is 5.32 Å². The summed E-state index contributed by atoms with van der Waals surface area (Å²) in [6.45, 7) is 2.47. The molecule has 1 aromatic carbocycles. The molecule has 0 fully saturated rings. The Morgan fingerprint density at radius 3 is 2.95 bits per heavy atom. The first-order valence-electron chi connectivity index (χ1n) is 6.76. The highest BCUT2D eigenvalue weighted by molar-refractivity contribution is 7.13. The first-order chi connectivity index (χ1) is 10.6. The molecule has 0 spiro atoms. The number of benzene rings is 1. The van der Waals surface area contributed by atoms with Crippen molar-refractivity contribution in [3.05, 3.63) is 58.8 Å². The van der Waals surface area contributed by atoms with Crippen LogP contribution >= 0.6 is 11.3 Å². The van der Waals surface area contributed by atoms with Gasteiger partial charge >= 0.3 is 0 Å². The summed E-state index contributed by atoms with van der Waals surface area (Å²) < 4.78 is 5.33. The minimum Gasteiger partial charge on any atom is -0.462 e. The fourth-order valence-corrected chi connectivity index (χ4v) is 2.93. The van der Waals surface area contributed by atoms with E-state index < -0.39 is 5.91 Å². The number of nitrogens with one attached hydrogen (secondary N) is 1. The van der Waals surface area contributed by atoms with E-state index >= 15 is 0 Å². The second-order valence-corrected chi connectivity index (χ2v) is 5.73. The maximum Gasteiger partial charge on any atom is 0.248 e. The van der Waals surface area contributed by atoms with E-state index in [1.54, 1.807) is 23.7 Å². The molecule has 2 aromatic heterocycles. The number of aromatic nitrogens is 1. The molecule has 5 nitrogen and oxygen atoms in total. The number of rotatable bonds is 5. The number of primary amides is 1. The second-order valence-electron chi connectivity index (χ2n) is 4.87. The van der Waals surface area contributed by atoms with Crippen LogP contribution in [-0.2, 0) is 6.54 Å². The molecule has 6 heteroatoms. The summed E-state index contributed by atoms with van der Waals surface area (Å²) in [5.74, 6) is 0.365. The van der Waals surface area contributed by atoms with E-state index in [4.69, 9.17) is 10.2 Å². The molecule has 1 amide bonds. The van der Waals surface area contributed by atoms with Crippen molar-refractivity contribution in [3.8, 4) is 10.8 Å². The highest BCUT2D eigenvalue weighted by Gasteiger charge is 2.08. The summed E-state index contributed by atoms with van der Waals surface area (Å²) in [5, 5.41) is 6.15. The fourth-order valence-electron chi connectivity index (χ4n) is 2.14. The normalized spacial score (nSPS) is 10.6. The molecule has 3 aromatic rings. The lowest BCUT2D eigenvalue weighted by molar-refractivity contribution is 0.1000. The molecule has 0 bridgehead atoms. The molecule has 112 valence electrons. The first-order valence-corrected chi connectivity index (χ1v) is 7.64. The number of furan rings is 1. The van der Waals surface area contributed by atoms with Gasteiger partial charge in [-0.1, -0.05) is 0 Å². The summed E-state index contributed by atoms with van der Waals surface area (Å²) in [6, 6.07) is 9.21. The van der Waals surface area contributed by atoms with Gasteiger partial charge in [0.05, 0.1) is 18.5 Å². The number of thiazole rings is 1. The number of nitrogens with two attached hydrogens (primary N) is 1. The van der Waals surface area contributed by atoms with E-state index in [0.717, 1.165) is 27.7 Å². The van der Waals surface area contributed by atoms with Crippen molar-refractivity contribution in [3.63, 3.8) is 0 Å². The van der Waals surface area contributed by atoms with Crippen LogP contribution in [-0.4, -0.2) is 10.9 Å². The largest absolute Gasteiger partial charge is 0.462 e. The van der Waals surface area contributed by atoms with Gasteiger partial charge in [0.1, 0.15) is 0 Å². The lowest BCUT2D eigenvalue weighted by atomic mass is 10.1. The third kappa shape index (κ3) is 3.01. The molecule has 0 atom stereocenters. The molecule has 22 heavy (non-hydrogen) atoms. The summed E-state index contributed by atoms with van der Waals surface area (Å²) in [5.41, 5.74) is 8.56. The monoisotopic (exact) mass is 313 g/mol. The molecule has 0 saturated heterocycles. The molecule has 0 aliphatic heterocycles. The Morgan fingerprint density at radius 2 is 2.27 bits per heavy atom. The van der Waals surface area contributed by atoms with Crippen molar-refractivity contribution in [1.82, 2.24) is 4.98 Å². The van der Waals surface area contributed by atoms with Gasteiger partial charge in [-0.25, -0.2) is 4.98 Å². The van der Waals surface area contributed by atoms with Crippen LogP contribution in [0.3, 0.4) is 0 Å². The number of carbonyl (C=O) groups excluding carboxylic acids is 1. The quantitative estimate of drug-likeness (QED) is 0.756. The predicted octanol–water partition coefficient (Wildman–Crippen LogP) is 3.42. The lowest BCUT2D eigenvalue weighted by Gasteiger charge is -2.07. The Morgan fingerprint density at radius 1 is 1.41 bits per heavy atom. The van der Waals surface area contributed by atoms with Gasteiger partial charge in [0.25, 0.3) is 0 Å². The van der Waals surface area contributed by atoms with Gasteiger partial charge in [0, 0.05) is 16.6 Å². The summed E-state index contributed by atoms with van der Waals surface area (Å²) in [6.07, 6.45) is 1.64. The van der Waals surface area contributed by atoms with Crippen LogP contribution in [0.5, 0.6) is 0 Å². The maximum absolute atomic E-state index is 11.2. The Hall–Kier alpha value is -2.60. The fraction of sp³-hybridized carbons (Fsp3) is 0.125. The molecule has 0 aliphatic rings. The highest BCUT2D eigenvalue weighted by atomic mass is 32.1. The van der Waals surface area contributed by atoms with Crippen LogP contribution < -0.4 is 11.1 Å². The zero-order valence-electron chi connectivity index (χ0n) is 12.0. The van der Waals surface area contributed by atoms with Crippen LogP contribution in [0.1, 0.15) is 21.6 Å². The molecule has 0 radical (unpaired) electrons. The van der Waals surface area contributed by atoms with Crippen LogP contribution in [0.25, 0.3) is 10.8 Å². The first kappa shape index (κ1) is 14.3. The molecule has 0 saturated carbocycles. The van der Waals surface area contributed by atoms with Crippen molar-refractivity contribution in [2.24, 2.45) is 5.73 Å². The Kier molecular flexibility index (Phi) is 3.93. The van der Waals surface area contributed by atoms with Crippen molar-refractivity contribution >= 4 is 22.9 Å². The summed E-state index contributed by atoms with van der Waals surface area (Å²) >= 11 is 1.55. The SMILES string of the molecule is Cc1cc(NCc2csc(-c3ccco3)n2)ccc1C(N)=O. The average Bonchev–Trinajstić information content (AvgIpc) is 3.16. The number of carbonyl (C=O) groups is 1. The van der Waals surface area contributed by atoms with Crippen LogP contribution in [0.2, 0.25) is 0 Å².